The first-order valence-electron chi connectivity index (χ1n) is 4.68. The van der Waals surface area contributed by atoms with Crippen LogP contribution in [0.25, 0.3) is 0 Å². The van der Waals surface area contributed by atoms with Gasteiger partial charge in [-0.15, -0.1) is 12.8 Å². The van der Waals surface area contributed by atoms with Crippen LogP contribution in [0.2, 0.25) is 0 Å². The van der Waals surface area contributed by atoms with Crippen LogP contribution in [-0.4, -0.2) is 24.3 Å². The molecule has 1 rings (SSSR count). The highest BCUT2D eigenvalue weighted by Crippen LogP contribution is 2.23. The predicted molar refractivity (Wildman–Crippen MR) is 62.1 cm³/mol. The topological polar surface area (TPSA) is 55.8 Å². The van der Waals surface area contributed by atoms with Crippen LogP contribution in [0.1, 0.15) is 10.4 Å². The molecule has 0 aromatic heterocycles. The van der Waals surface area contributed by atoms with Crippen molar-refractivity contribution in [3.63, 3.8) is 0 Å². The quantitative estimate of drug-likeness (QED) is 0.777. The minimum absolute atomic E-state index is 0.0477. The summed E-state index contributed by atoms with van der Waals surface area (Å²) in [6.45, 7) is 0.106. The molecule has 4 heteroatoms. The number of benzene rings is 1. The van der Waals surface area contributed by atoms with Crippen molar-refractivity contribution in [2.75, 3.05) is 13.2 Å². The second-order valence-corrected chi connectivity index (χ2v) is 2.98. The Labute approximate surface area is 99.2 Å². The van der Waals surface area contributed by atoms with Gasteiger partial charge < -0.3 is 14.6 Å². The fourth-order valence-electron chi connectivity index (χ4n) is 1.11. The first kappa shape index (κ1) is 12.5. The first-order valence-corrected chi connectivity index (χ1v) is 4.68. The predicted octanol–water partition coefficient (Wildman–Crippen LogP) is 1.41. The Bertz CT molecular complexity index is 455. The van der Waals surface area contributed by atoms with Gasteiger partial charge in [0, 0.05) is 6.07 Å². The summed E-state index contributed by atoms with van der Waals surface area (Å²) in [5, 5.41) is 8.89. The number of terminal acetylenes is 2. The Kier molecular flexibility index (Phi) is 4.47. The zero-order chi connectivity index (χ0) is 12.7. The summed E-state index contributed by atoms with van der Waals surface area (Å²) in [6.07, 6.45) is 10.1. The number of rotatable bonds is 5. The summed E-state index contributed by atoms with van der Waals surface area (Å²) >= 11 is 0. The SMILES string of the molecule is C#CCOc1cc(OCC#C)cc(C(=O)O)c1. The van der Waals surface area contributed by atoms with Crippen LogP contribution in [0, 0.1) is 24.7 Å². The molecule has 0 bridgehead atoms. The lowest BCUT2D eigenvalue weighted by molar-refractivity contribution is 0.0696. The van der Waals surface area contributed by atoms with Crippen molar-refractivity contribution in [2.24, 2.45) is 0 Å². The van der Waals surface area contributed by atoms with Gasteiger partial charge in [0.2, 0.25) is 0 Å². The van der Waals surface area contributed by atoms with Crippen molar-refractivity contribution in [3.05, 3.63) is 23.8 Å². The van der Waals surface area contributed by atoms with Gasteiger partial charge in [-0.1, -0.05) is 11.8 Å². The van der Waals surface area contributed by atoms with Gasteiger partial charge in [-0.05, 0) is 12.1 Å². The van der Waals surface area contributed by atoms with Crippen molar-refractivity contribution < 1.29 is 19.4 Å². The molecule has 0 amide bonds. The number of hydrogen-bond acceptors (Lipinski definition) is 3. The molecule has 0 saturated carbocycles. The third-order valence-electron chi connectivity index (χ3n) is 1.77. The molecule has 86 valence electrons. The summed E-state index contributed by atoms with van der Waals surface area (Å²) in [6, 6.07) is 4.26. The maximum Gasteiger partial charge on any atom is 0.335 e. The molecule has 0 heterocycles. The Morgan fingerprint density at radius 2 is 1.59 bits per heavy atom. The maximum absolute atomic E-state index is 10.9. The van der Waals surface area contributed by atoms with Crippen molar-refractivity contribution in [2.45, 2.75) is 0 Å². The molecule has 0 aliphatic carbocycles. The maximum atomic E-state index is 10.9. The normalized spacial score (nSPS) is 8.82. The van der Waals surface area contributed by atoms with E-state index in [1.54, 1.807) is 0 Å². The number of ether oxygens (including phenoxy) is 2. The first-order chi connectivity index (χ1) is 8.17. The van der Waals surface area contributed by atoms with Crippen molar-refractivity contribution in [1.82, 2.24) is 0 Å². The zero-order valence-electron chi connectivity index (χ0n) is 8.97. The van der Waals surface area contributed by atoms with Crippen molar-refractivity contribution in [1.29, 1.82) is 0 Å². The zero-order valence-corrected chi connectivity index (χ0v) is 8.97. The van der Waals surface area contributed by atoms with Crippen molar-refractivity contribution >= 4 is 5.97 Å². The van der Waals surface area contributed by atoms with Gasteiger partial charge in [-0.25, -0.2) is 4.79 Å². The smallest absolute Gasteiger partial charge is 0.335 e. The number of carboxylic acid groups (broad SMARTS) is 1. The molecule has 0 unspecified atom stereocenters. The molecule has 4 nitrogen and oxygen atoms in total. The summed E-state index contributed by atoms with van der Waals surface area (Å²) < 4.78 is 10.3. The van der Waals surface area contributed by atoms with E-state index < -0.39 is 5.97 Å². The average Bonchev–Trinajstić information content (AvgIpc) is 2.33. The molecule has 0 saturated heterocycles. The fraction of sp³-hybridized carbons (Fsp3) is 0.154. The van der Waals surface area contributed by atoms with E-state index in [2.05, 4.69) is 11.8 Å². The third kappa shape index (κ3) is 3.81. The number of carbonyl (C=O) groups is 1. The van der Waals surface area contributed by atoms with Gasteiger partial charge in [0.05, 0.1) is 5.56 Å². The third-order valence-corrected chi connectivity index (χ3v) is 1.77. The molecule has 1 aromatic carbocycles. The molecular formula is C13H10O4. The molecule has 0 atom stereocenters. The van der Waals surface area contributed by atoms with Crippen LogP contribution >= 0.6 is 0 Å². The van der Waals surface area contributed by atoms with Crippen LogP contribution in [0.15, 0.2) is 18.2 Å². The Morgan fingerprint density at radius 3 is 1.94 bits per heavy atom. The van der Waals surface area contributed by atoms with Crippen LogP contribution in [-0.2, 0) is 0 Å². The van der Waals surface area contributed by atoms with E-state index in [1.807, 2.05) is 0 Å². The molecule has 1 N–H and O–H groups in total. The van der Waals surface area contributed by atoms with E-state index in [1.165, 1.54) is 18.2 Å². The molecule has 0 radical (unpaired) electrons. The van der Waals surface area contributed by atoms with E-state index in [-0.39, 0.29) is 18.8 Å². The minimum atomic E-state index is -1.08. The largest absolute Gasteiger partial charge is 0.481 e. The lowest BCUT2D eigenvalue weighted by Gasteiger charge is -2.08. The summed E-state index contributed by atoms with van der Waals surface area (Å²) in [5.74, 6) is 4.14. The molecule has 0 aliphatic heterocycles. The van der Waals surface area contributed by atoms with Crippen LogP contribution in [0.4, 0.5) is 0 Å². The van der Waals surface area contributed by atoms with Gasteiger partial charge in [0.25, 0.3) is 0 Å². The molecule has 0 aliphatic rings. The van der Waals surface area contributed by atoms with E-state index in [0.29, 0.717) is 11.5 Å². The molecule has 17 heavy (non-hydrogen) atoms. The highest BCUT2D eigenvalue weighted by atomic mass is 16.5. The Balaban J connectivity index is 2.98. The van der Waals surface area contributed by atoms with Gasteiger partial charge >= 0.3 is 5.97 Å². The number of aromatic carboxylic acids is 1. The summed E-state index contributed by atoms with van der Waals surface area (Å²) in [4.78, 5) is 10.9. The van der Waals surface area contributed by atoms with Crippen LogP contribution in [0.5, 0.6) is 11.5 Å². The van der Waals surface area contributed by atoms with Crippen molar-refractivity contribution in [3.8, 4) is 36.2 Å². The molecular weight excluding hydrogens is 220 g/mol. The number of hydrogen-bond donors (Lipinski definition) is 1. The van der Waals surface area contributed by atoms with E-state index in [0.717, 1.165) is 0 Å². The molecule has 0 fully saturated rings. The monoisotopic (exact) mass is 230 g/mol. The van der Waals surface area contributed by atoms with Crippen LogP contribution in [0.3, 0.4) is 0 Å². The second-order valence-electron chi connectivity index (χ2n) is 2.98. The van der Waals surface area contributed by atoms with Gasteiger partial charge in [0.1, 0.15) is 24.7 Å². The van der Waals surface area contributed by atoms with Gasteiger partial charge in [0.15, 0.2) is 0 Å². The van der Waals surface area contributed by atoms with E-state index in [9.17, 15) is 4.79 Å². The van der Waals surface area contributed by atoms with Crippen LogP contribution < -0.4 is 9.47 Å². The van der Waals surface area contributed by atoms with Gasteiger partial charge in [-0.3, -0.25) is 0 Å². The number of carboxylic acids is 1. The lowest BCUT2D eigenvalue weighted by atomic mass is 10.2. The van der Waals surface area contributed by atoms with E-state index in [4.69, 9.17) is 27.4 Å². The van der Waals surface area contributed by atoms with E-state index >= 15 is 0 Å². The Hall–Kier alpha value is -2.59. The molecule has 0 spiro atoms. The fourth-order valence-corrected chi connectivity index (χ4v) is 1.11. The highest BCUT2D eigenvalue weighted by Gasteiger charge is 2.08. The average molecular weight is 230 g/mol. The Morgan fingerprint density at radius 1 is 1.12 bits per heavy atom. The highest BCUT2D eigenvalue weighted by molar-refractivity contribution is 5.88. The minimum Gasteiger partial charge on any atom is -0.481 e. The summed E-state index contributed by atoms with van der Waals surface area (Å²) in [7, 11) is 0. The summed E-state index contributed by atoms with van der Waals surface area (Å²) in [5.41, 5.74) is 0.0477. The van der Waals surface area contributed by atoms with Gasteiger partial charge in [-0.2, -0.15) is 0 Å². The standard InChI is InChI=1S/C13H10O4/c1-3-5-16-11-7-10(13(14)15)8-12(9-11)17-6-4-2/h1-2,7-9H,5-6H2,(H,14,15). The second kappa shape index (κ2) is 6.09. The lowest BCUT2D eigenvalue weighted by Crippen LogP contribution is -2.02. The molecule has 1 aromatic rings.